The van der Waals surface area contributed by atoms with Gasteiger partial charge in [0, 0.05) is 36.2 Å². The Morgan fingerprint density at radius 1 is 1.25 bits per heavy atom. The van der Waals surface area contributed by atoms with E-state index in [1.54, 1.807) is 13.4 Å². The summed E-state index contributed by atoms with van der Waals surface area (Å²) < 4.78 is 1.04. The molecule has 126 valence electrons. The first-order valence-electron chi connectivity index (χ1n) is 7.74. The van der Waals surface area contributed by atoms with Crippen LogP contribution >= 0.6 is 27.5 Å². The summed E-state index contributed by atoms with van der Waals surface area (Å²) in [5.41, 5.74) is 4.86. The van der Waals surface area contributed by atoms with E-state index in [0.717, 1.165) is 39.1 Å². The van der Waals surface area contributed by atoms with Crippen LogP contribution in [-0.2, 0) is 0 Å². The van der Waals surface area contributed by atoms with Crippen LogP contribution in [-0.4, -0.2) is 37.6 Å². The quantitative estimate of drug-likeness (QED) is 0.476. The fraction of sp³-hybridized carbons (Fsp3) is 0.263. The van der Waals surface area contributed by atoms with Crippen molar-refractivity contribution in [2.24, 2.45) is 9.98 Å². The highest BCUT2D eigenvalue weighted by atomic mass is 79.9. The second-order valence-electron chi connectivity index (χ2n) is 5.52. The maximum absolute atomic E-state index is 6.45. The van der Waals surface area contributed by atoms with Gasteiger partial charge in [-0.1, -0.05) is 39.7 Å². The third-order valence-corrected chi connectivity index (χ3v) is 4.61. The van der Waals surface area contributed by atoms with Gasteiger partial charge in [-0.15, -0.1) is 0 Å². The van der Waals surface area contributed by atoms with Crippen molar-refractivity contribution < 1.29 is 0 Å². The van der Waals surface area contributed by atoms with E-state index < -0.39 is 0 Å². The average molecular weight is 407 g/mol. The molecule has 0 aliphatic rings. The van der Waals surface area contributed by atoms with Gasteiger partial charge in [-0.2, -0.15) is 0 Å². The fourth-order valence-electron chi connectivity index (χ4n) is 2.28. The molecule has 0 N–H and O–H groups in total. The van der Waals surface area contributed by atoms with E-state index >= 15 is 0 Å². The number of hydrogen-bond donors (Lipinski definition) is 0. The number of nitrogens with zero attached hydrogens (tertiary/aromatic N) is 3. The molecule has 2 aromatic rings. The minimum Gasteiger partial charge on any atom is -0.366 e. The van der Waals surface area contributed by atoms with Gasteiger partial charge < -0.3 is 4.90 Å². The van der Waals surface area contributed by atoms with E-state index in [2.05, 4.69) is 39.8 Å². The lowest BCUT2D eigenvalue weighted by Gasteiger charge is -2.13. The maximum atomic E-state index is 6.45. The smallest absolute Gasteiger partial charge is 0.0910 e. The Morgan fingerprint density at radius 2 is 1.92 bits per heavy atom. The fourth-order valence-corrected chi connectivity index (χ4v) is 2.75. The van der Waals surface area contributed by atoms with Crippen molar-refractivity contribution in [3.8, 4) is 0 Å². The Balaban J connectivity index is 2.42. The Bertz CT molecular complexity index is 767. The van der Waals surface area contributed by atoms with Crippen LogP contribution in [0.25, 0.3) is 0 Å². The molecule has 0 amide bonds. The second kappa shape index (κ2) is 8.45. The highest BCUT2D eigenvalue weighted by Crippen LogP contribution is 2.30. The molecule has 0 aromatic heterocycles. The Hall–Kier alpha value is -1.65. The average Bonchev–Trinajstić information content (AvgIpc) is 2.58. The molecule has 0 radical (unpaired) electrons. The summed E-state index contributed by atoms with van der Waals surface area (Å²) in [5.74, 6) is 0. The van der Waals surface area contributed by atoms with Gasteiger partial charge in [0.2, 0.25) is 0 Å². The minimum atomic E-state index is 0.620. The molecule has 0 atom stereocenters. The predicted molar refractivity (Wildman–Crippen MR) is 108 cm³/mol. The van der Waals surface area contributed by atoms with Crippen molar-refractivity contribution in [3.63, 3.8) is 0 Å². The molecule has 2 rings (SSSR count). The van der Waals surface area contributed by atoms with Crippen LogP contribution in [0.2, 0.25) is 5.02 Å². The van der Waals surface area contributed by atoms with Gasteiger partial charge >= 0.3 is 0 Å². The van der Waals surface area contributed by atoms with E-state index in [1.807, 2.05) is 48.3 Å². The summed E-state index contributed by atoms with van der Waals surface area (Å²) in [6.07, 6.45) is 1.80. The first kappa shape index (κ1) is 18.7. The summed E-state index contributed by atoms with van der Waals surface area (Å²) in [4.78, 5) is 10.9. The largest absolute Gasteiger partial charge is 0.366 e. The molecule has 0 unspecified atom stereocenters. The van der Waals surface area contributed by atoms with Gasteiger partial charge in [0.25, 0.3) is 0 Å². The van der Waals surface area contributed by atoms with Gasteiger partial charge in [0.15, 0.2) is 0 Å². The van der Waals surface area contributed by atoms with E-state index in [0.29, 0.717) is 5.02 Å². The third kappa shape index (κ3) is 4.46. The van der Waals surface area contributed by atoms with Crippen LogP contribution < -0.4 is 0 Å². The van der Waals surface area contributed by atoms with Crippen molar-refractivity contribution in [1.29, 1.82) is 0 Å². The molecule has 5 heteroatoms. The molecule has 0 saturated heterocycles. The molecule has 0 bridgehead atoms. The van der Waals surface area contributed by atoms with Gasteiger partial charge in [-0.3, -0.25) is 4.99 Å². The maximum Gasteiger partial charge on any atom is 0.0910 e. The predicted octanol–water partition coefficient (Wildman–Crippen LogP) is 5.49. The van der Waals surface area contributed by atoms with E-state index in [9.17, 15) is 0 Å². The van der Waals surface area contributed by atoms with Crippen molar-refractivity contribution in [2.45, 2.75) is 13.8 Å². The van der Waals surface area contributed by atoms with Crippen LogP contribution in [0.3, 0.4) is 0 Å². The van der Waals surface area contributed by atoms with Gasteiger partial charge in [0.1, 0.15) is 0 Å². The lowest BCUT2D eigenvalue weighted by Crippen LogP contribution is -2.14. The summed E-state index contributed by atoms with van der Waals surface area (Å²) in [7, 11) is 3.78. The van der Waals surface area contributed by atoms with Gasteiger partial charge in [-0.05, 0) is 43.7 Å². The molecule has 0 fully saturated rings. The zero-order chi connectivity index (χ0) is 17.7. The summed E-state index contributed by atoms with van der Waals surface area (Å²) in [5, 5.41) is 0.620. The van der Waals surface area contributed by atoms with Gasteiger partial charge in [0.05, 0.1) is 22.8 Å². The number of halogens is 2. The first-order chi connectivity index (χ1) is 11.5. The lowest BCUT2D eigenvalue weighted by atomic mass is 9.97. The molecule has 24 heavy (non-hydrogen) atoms. The first-order valence-corrected chi connectivity index (χ1v) is 8.91. The van der Waals surface area contributed by atoms with Crippen molar-refractivity contribution in [1.82, 2.24) is 4.90 Å². The monoisotopic (exact) mass is 405 g/mol. The minimum absolute atomic E-state index is 0.620. The third-order valence-electron chi connectivity index (χ3n) is 3.78. The number of aryl methyl sites for hydroxylation is 1. The van der Waals surface area contributed by atoms with Crippen LogP contribution in [0, 0.1) is 6.92 Å². The molecule has 0 saturated carbocycles. The summed E-state index contributed by atoms with van der Waals surface area (Å²) >= 11 is 9.91. The van der Waals surface area contributed by atoms with Crippen LogP contribution in [0.4, 0.5) is 5.69 Å². The van der Waals surface area contributed by atoms with Crippen molar-refractivity contribution >= 4 is 45.3 Å². The van der Waals surface area contributed by atoms with E-state index in [-0.39, 0.29) is 0 Å². The highest BCUT2D eigenvalue weighted by Gasteiger charge is 2.12. The highest BCUT2D eigenvalue weighted by molar-refractivity contribution is 9.10. The van der Waals surface area contributed by atoms with Crippen molar-refractivity contribution in [2.75, 3.05) is 20.6 Å². The van der Waals surface area contributed by atoms with Crippen LogP contribution in [0.15, 0.2) is 50.9 Å². The number of rotatable bonds is 5. The zero-order valence-corrected chi connectivity index (χ0v) is 16.7. The molecule has 0 spiro atoms. The number of aliphatic imine (C=N–C) groups is 2. The molecule has 0 aliphatic heterocycles. The van der Waals surface area contributed by atoms with Crippen LogP contribution in [0.5, 0.6) is 0 Å². The normalized spacial score (nSPS) is 12.0. The number of benzene rings is 2. The lowest BCUT2D eigenvalue weighted by molar-refractivity contribution is 0.552. The molecular formula is C19H21BrClN3. The van der Waals surface area contributed by atoms with Crippen LogP contribution in [0.1, 0.15) is 23.6 Å². The topological polar surface area (TPSA) is 28.0 Å². The summed E-state index contributed by atoms with van der Waals surface area (Å²) in [6.45, 7) is 5.02. The summed E-state index contributed by atoms with van der Waals surface area (Å²) in [6, 6.07) is 12.1. The molecule has 0 heterocycles. The Labute approximate surface area is 157 Å². The van der Waals surface area contributed by atoms with E-state index in [4.69, 9.17) is 11.6 Å². The Kier molecular flexibility index (Phi) is 6.58. The molecule has 3 nitrogen and oxygen atoms in total. The van der Waals surface area contributed by atoms with E-state index in [1.165, 1.54) is 0 Å². The number of hydrogen-bond acceptors (Lipinski definition) is 2. The Morgan fingerprint density at radius 3 is 2.50 bits per heavy atom. The standard InChI is InChI=1S/C19H21BrClN3/c1-5-24(4)12-23-18-10-13(2)16(11-17(18)21)19(22-3)14-6-8-15(20)9-7-14/h6-12H,5H2,1-4H3. The zero-order valence-electron chi connectivity index (χ0n) is 14.3. The van der Waals surface area contributed by atoms with Crippen molar-refractivity contribution in [3.05, 3.63) is 62.6 Å². The molecule has 0 aliphatic carbocycles. The SMILES string of the molecule is CCN(C)C=Nc1cc(C)c(C(=NC)c2ccc(Br)cc2)cc1Cl. The second-order valence-corrected chi connectivity index (χ2v) is 6.84. The molecule has 2 aromatic carbocycles. The molecular weight excluding hydrogens is 386 g/mol. The van der Waals surface area contributed by atoms with Gasteiger partial charge in [-0.25, -0.2) is 4.99 Å².